The fourth-order valence-electron chi connectivity index (χ4n) is 1.49. The maximum absolute atomic E-state index is 12.3. The Morgan fingerprint density at radius 1 is 1.27 bits per heavy atom. The highest BCUT2D eigenvalue weighted by Crippen LogP contribution is 2.21. The third-order valence-corrected chi connectivity index (χ3v) is 2.44. The van der Waals surface area contributed by atoms with Crippen molar-refractivity contribution in [1.82, 2.24) is 9.97 Å². The second kappa shape index (κ2) is 6.49. The van der Waals surface area contributed by atoms with Gasteiger partial charge in [0.2, 0.25) is 0 Å². The Kier molecular flexibility index (Phi) is 4.48. The molecule has 0 bridgehead atoms. The van der Waals surface area contributed by atoms with Crippen LogP contribution in [0.25, 0.3) is 0 Å². The molecular formula is C14H9F2N3O3. The first-order chi connectivity index (χ1) is 10.5. The van der Waals surface area contributed by atoms with Crippen LogP contribution < -0.4 is 10.5 Å². The summed E-state index contributed by atoms with van der Waals surface area (Å²) in [5, 5.41) is 8.92. The zero-order valence-electron chi connectivity index (χ0n) is 11.0. The van der Waals surface area contributed by atoms with Gasteiger partial charge in [0, 0.05) is 0 Å². The zero-order chi connectivity index (χ0) is 16.1. The fraction of sp³-hybridized carbons (Fsp3) is 0.0714. The first kappa shape index (κ1) is 15.2. The Labute approximate surface area is 123 Å². The van der Waals surface area contributed by atoms with Crippen molar-refractivity contribution in [2.24, 2.45) is 0 Å². The number of nitrogen functional groups attached to an aromatic ring is 1. The summed E-state index contributed by atoms with van der Waals surface area (Å²) in [5.74, 6) is 3.88. The van der Waals surface area contributed by atoms with E-state index in [2.05, 4.69) is 26.5 Å². The van der Waals surface area contributed by atoms with E-state index in [0.717, 1.165) is 18.2 Å². The second-order valence-electron chi connectivity index (χ2n) is 3.97. The van der Waals surface area contributed by atoms with Crippen LogP contribution in [0.4, 0.5) is 14.6 Å². The van der Waals surface area contributed by atoms with Crippen LogP contribution in [0.5, 0.6) is 5.75 Å². The van der Waals surface area contributed by atoms with Gasteiger partial charge in [0.15, 0.2) is 0 Å². The molecule has 0 spiro atoms. The summed E-state index contributed by atoms with van der Waals surface area (Å²) in [7, 11) is 0. The maximum atomic E-state index is 12.3. The molecule has 0 unspecified atom stereocenters. The molecular weight excluding hydrogens is 296 g/mol. The molecule has 0 fully saturated rings. The van der Waals surface area contributed by atoms with E-state index in [-0.39, 0.29) is 28.4 Å². The number of anilines is 1. The molecule has 0 aliphatic heterocycles. The van der Waals surface area contributed by atoms with Gasteiger partial charge in [0.1, 0.15) is 17.3 Å². The summed E-state index contributed by atoms with van der Waals surface area (Å²) in [6, 6.07) is 3.40. The van der Waals surface area contributed by atoms with E-state index < -0.39 is 12.6 Å². The molecule has 1 heterocycles. The summed E-state index contributed by atoms with van der Waals surface area (Å²) in [6.45, 7) is -3.05. The highest BCUT2D eigenvalue weighted by Gasteiger charge is 2.11. The summed E-state index contributed by atoms with van der Waals surface area (Å²) in [5.41, 5.74) is 5.52. The van der Waals surface area contributed by atoms with Crippen LogP contribution in [0, 0.1) is 11.8 Å². The summed E-state index contributed by atoms with van der Waals surface area (Å²) in [4.78, 5) is 18.6. The third kappa shape index (κ3) is 3.89. The molecule has 1 aromatic heterocycles. The van der Waals surface area contributed by atoms with Gasteiger partial charge in [-0.05, 0) is 24.1 Å². The van der Waals surface area contributed by atoms with E-state index in [9.17, 15) is 13.6 Å². The number of carboxylic acids is 1. The number of aromatic carboxylic acids is 1. The maximum Gasteiger partial charge on any atom is 0.387 e. The van der Waals surface area contributed by atoms with Crippen molar-refractivity contribution < 1.29 is 23.4 Å². The van der Waals surface area contributed by atoms with E-state index in [1.54, 1.807) is 0 Å². The monoisotopic (exact) mass is 305 g/mol. The van der Waals surface area contributed by atoms with Crippen LogP contribution in [-0.4, -0.2) is 27.7 Å². The molecule has 0 amide bonds. The Bertz CT molecular complexity index is 752. The Hall–Kier alpha value is -3.21. The van der Waals surface area contributed by atoms with E-state index in [0.29, 0.717) is 0 Å². The van der Waals surface area contributed by atoms with E-state index in [1.807, 2.05) is 0 Å². The van der Waals surface area contributed by atoms with Gasteiger partial charge < -0.3 is 15.6 Å². The number of carboxylic acid groups (broad SMARTS) is 1. The largest absolute Gasteiger partial charge is 0.478 e. The number of ether oxygens (including phenoxy) is 1. The fourth-order valence-corrected chi connectivity index (χ4v) is 1.49. The summed E-state index contributed by atoms with van der Waals surface area (Å²) < 4.78 is 29.0. The minimum atomic E-state index is -3.05. The second-order valence-corrected chi connectivity index (χ2v) is 3.97. The first-order valence-corrected chi connectivity index (χ1v) is 5.87. The summed E-state index contributed by atoms with van der Waals surface area (Å²) >= 11 is 0. The average Bonchev–Trinajstić information content (AvgIpc) is 2.47. The highest BCUT2D eigenvalue weighted by molar-refractivity contribution is 5.88. The lowest BCUT2D eigenvalue weighted by Gasteiger charge is -2.07. The lowest BCUT2D eigenvalue weighted by Crippen LogP contribution is -2.05. The molecule has 0 radical (unpaired) electrons. The normalized spacial score (nSPS) is 9.95. The average molecular weight is 305 g/mol. The van der Waals surface area contributed by atoms with Crippen LogP contribution in [-0.2, 0) is 0 Å². The molecule has 8 heteroatoms. The molecule has 3 N–H and O–H groups in total. The predicted octanol–water partition coefficient (Wildman–Crippen LogP) is 1.76. The first-order valence-electron chi connectivity index (χ1n) is 5.87. The number of hydrogen-bond donors (Lipinski definition) is 2. The lowest BCUT2D eigenvalue weighted by atomic mass is 10.1. The molecule has 0 aliphatic carbocycles. The van der Waals surface area contributed by atoms with Crippen molar-refractivity contribution in [2.45, 2.75) is 6.61 Å². The number of nitrogens with zero attached hydrogens (tertiary/aromatic N) is 2. The smallest absolute Gasteiger partial charge is 0.387 e. The Balaban J connectivity index is 2.40. The number of carbonyl (C=O) groups is 1. The molecule has 112 valence electrons. The van der Waals surface area contributed by atoms with Crippen LogP contribution >= 0.6 is 0 Å². The topological polar surface area (TPSA) is 98.3 Å². The van der Waals surface area contributed by atoms with Crippen molar-refractivity contribution in [3.8, 4) is 17.6 Å². The van der Waals surface area contributed by atoms with Gasteiger partial charge in [-0.15, -0.1) is 0 Å². The molecule has 0 aliphatic rings. The van der Waals surface area contributed by atoms with Crippen LogP contribution in [0.2, 0.25) is 0 Å². The van der Waals surface area contributed by atoms with Crippen molar-refractivity contribution >= 4 is 11.8 Å². The van der Waals surface area contributed by atoms with Crippen LogP contribution in [0.1, 0.15) is 21.6 Å². The minimum absolute atomic E-state index is 0.00109. The minimum Gasteiger partial charge on any atom is -0.478 e. The predicted molar refractivity (Wildman–Crippen MR) is 72.5 cm³/mol. The Morgan fingerprint density at radius 3 is 2.64 bits per heavy atom. The van der Waals surface area contributed by atoms with Crippen LogP contribution in [0.15, 0.2) is 30.6 Å². The van der Waals surface area contributed by atoms with E-state index in [4.69, 9.17) is 10.8 Å². The number of rotatable bonds is 3. The molecule has 0 saturated carbocycles. The molecule has 2 aromatic rings. The van der Waals surface area contributed by atoms with Gasteiger partial charge in [0.05, 0.1) is 23.5 Å². The molecule has 6 nitrogen and oxygen atoms in total. The molecule has 2 rings (SSSR count). The molecule has 0 saturated heterocycles. The Morgan fingerprint density at radius 2 is 2.05 bits per heavy atom. The molecule has 0 atom stereocenters. The van der Waals surface area contributed by atoms with Crippen molar-refractivity contribution in [2.75, 3.05) is 5.73 Å². The number of hydrogen-bond acceptors (Lipinski definition) is 5. The number of alkyl halides is 2. The highest BCUT2D eigenvalue weighted by atomic mass is 19.3. The quantitative estimate of drug-likeness (QED) is 0.838. The SMILES string of the molecule is Nc1cnc(C#Cc2cc(C(=O)O)ccc2OC(F)F)cn1. The summed E-state index contributed by atoms with van der Waals surface area (Å²) in [6.07, 6.45) is 2.59. The number of halogens is 2. The number of nitrogens with two attached hydrogens (primary N) is 1. The van der Waals surface area contributed by atoms with Gasteiger partial charge in [-0.2, -0.15) is 8.78 Å². The van der Waals surface area contributed by atoms with Crippen LogP contribution in [0.3, 0.4) is 0 Å². The number of benzene rings is 1. The van der Waals surface area contributed by atoms with Gasteiger partial charge in [-0.3, -0.25) is 0 Å². The van der Waals surface area contributed by atoms with E-state index >= 15 is 0 Å². The van der Waals surface area contributed by atoms with Gasteiger partial charge in [-0.1, -0.05) is 5.92 Å². The van der Waals surface area contributed by atoms with Gasteiger partial charge in [0.25, 0.3) is 0 Å². The van der Waals surface area contributed by atoms with Gasteiger partial charge >= 0.3 is 12.6 Å². The lowest BCUT2D eigenvalue weighted by molar-refractivity contribution is -0.0500. The molecule has 22 heavy (non-hydrogen) atoms. The van der Waals surface area contributed by atoms with Crippen molar-refractivity contribution in [3.05, 3.63) is 47.4 Å². The zero-order valence-corrected chi connectivity index (χ0v) is 11.0. The van der Waals surface area contributed by atoms with Crippen molar-refractivity contribution in [3.63, 3.8) is 0 Å². The number of aromatic nitrogens is 2. The van der Waals surface area contributed by atoms with Crippen molar-refractivity contribution in [1.29, 1.82) is 0 Å². The third-order valence-electron chi connectivity index (χ3n) is 2.44. The van der Waals surface area contributed by atoms with E-state index in [1.165, 1.54) is 12.4 Å². The molecule has 1 aromatic carbocycles. The standard InChI is InChI=1S/C14H9F2N3O3/c15-14(16)22-11-4-2-9(13(20)21)5-8(11)1-3-10-6-19-12(17)7-18-10/h2,4-7,14H,(H2,17,19)(H,20,21). The van der Waals surface area contributed by atoms with Gasteiger partial charge in [-0.25, -0.2) is 14.8 Å².